The van der Waals surface area contributed by atoms with Crippen molar-refractivity contribution in [3.8, 4) is 11.5 Å². The molecule has 7 heteroatoms. The van der Waals surface area contributed by atoms with Gasteiger partial charge in [0, 0.05) is 0 Å². The largest absolute Gasteiger partial charge is 0.503 e. The molecule has 0 aromatic heterocycles. The third-order valence-electron chi connectivity index (χ3n) is 6.31. The van der Waals surface area contributed by atoms with E-state index in [4.69, 9.17) is 16.3 Å². The molecule has 6 nitrogen and oxygen atoms in total. The van der Waals surface area contributed by atoms with E-state index >= 15 is 0 Å². The molecule has 1 aromatic carbocycles. The average Bonchev–Trinajstić information content (AvgIpc) is 3.43. The van der Waals surface area contributed by atoms with Gasteiger partial charge in [-0.15, -0.1) is 0 Å². The number of amides is 2. The Morgan fingerprint density at radius 2 is 1.85 bits per heavy atom. The molecule has 2 bridgehead atoms. The quantitative estimate of drug-likeness (QED) is 0.490. The third-order valence-corrected chi connectivity index (χ3v) is 6.60. The van der Waals surface area contributed by atoms with E-state index in [2.05, 4.69) is 17.3 Å². The van der Waals surface area contributed by atoms with Crippen molar-refractivity contribution < 1.29 is 19.4 Å². The Morgan fingerprint density at radius 3 is 2.44 bits per heavy atom. The summed E-state index contributed by atoms with van der Waals surface area (Å²) in [5.41, 5.74) is 0.542. The predicted octanol–water partition coefficient (Wildman–Crippen LogP) is 2.83. The summed E-state index contributed by atoms with van der Waals surface area (Å²) in [6.07, 6.45) is 6.81. The van der Waals surface area contributed by atoms with Crippen LogP contribution >= 0.6 is 11.6 Å². The van der Waals surface area contributed by atoms with Crippen molar-refractivity contribution >= 4 is 29.6 Å². The van der Waals surface area contributed by atoms with Gasteiger partial charge in [0.25, 0.3) is 11.8 Å². The summed E-state index contributed by atoms with van der Waals surface area (Å²) >= 11 is 6.03. The van der Waals surface area contributed by atoms with Crippen molar-refractivity contribution in [2.45, 2.75) is 13.3 Å². The van der Waals surface area contributed by atoms with Crippen LogP contribution in [0.15, 0.2) is 29.4 Å². The van der Waals surface area contributed by atoms with Gasteiger partial charge in [-0.25, -0.2) is 0 Å². The third kappa shape index (κ3) is 2.35. The van der Waals surface area contributed by atoms with Gasteiger partial charge in [0.2, 0.25) is 0 Å². The molecule has 6 unspecified atom stereocenters. The SMILES string of the molecule is CCOc1cc(/C=N/N2C(=O)C3C4C=CC(C5CC45)C3C2=O)cc(Cl)c1O. The minimum absolute atomic E-state index is 0.123. The van der Waals surface area contributed by atoms with Gasteiger partial charge >= 0.3 is 0 Å². The molecule has 1 saturated heterocycles. The van der Waals surface area contributed by atoms with Crippen LogP contribution in [0, 0.1) is 35.5 Å². The Morgan fingerprint density at radius 1 is 1.22 bits per heavy atom. The van der Waals surface area contributed by atoms with E-state index in [1.165, 1.54) is 12.3 Å². The monoisotopic (exact) mass is 386 g/mol. The highest BCUT2D eigenvalue weighted by Crippen LogP contribution is 2.65. The number of nitrogens with zero attached hydrogens (tertiary/aromatic N) is 2. The molecule has 1 aromatic rings. The fourth-order valence-corrected chi connectivity index (χ4v) is 5.33. The molecular formula is C20H19ClN2O4. The Bertz CT molecular complexity index is 875. The molecule has 27 heavy (non-hydrogen) atoms. The Hall–Kier alpha value is -2.34. The number of imide groups is 1. The standard InChI is InChI=1S/C20H19ClN2O4/c1-2-27-15-6-9(5-14(21)18(15)24)8-22-23-19(25)16-10-3-4-11(13-7-12(10)13)17(16)20(23)26/h3-6,8,10-13,16-17,24H,2,7H2,1H3/b22-8+. The number of hydrazone groups is 1. The average molecular weight is 387 g/mol. The molecule has 0 spiro atoms. The number of benzene rings is 1. The number of phenols is 1. The zero-order valence-corrected chi connectivity index (χ0v) is 15.5. The summed E-state index contributed by atoms with van der Waals surface area (Å²) in [6, 6.07) is 3.09. The van der Waals surface area contributed by atoms with Gasteiger partial charge < -0.3 is 9.84 Å². The van der Waals surface area contributed by atoms with Gasteiger partial charge in [0.15, 0.2) is 11.5 Å². The first-order valence-corrected chi connectivity index (χ1v) is 9.64. The van der Waals surface area contributed by atoms with Crippen molar-refractivity contribution in [2.75, 3.05) is 6.61 Å². The van der Waals surface area contributed by atoms with E-state index in [9.17, 15) is 14.7 Å². The number of carbonyl (C=O) groups excluding carboxylic acids is 2. The maximum absolute atomic E-state index is 12.9. The Kier molecular flexibility index (Phi) is 3.63. The van der Waals surface area contributed by atoms with Crippen molar-refractivity contribution in [3.63, 3.8) is 0 Å². The van der Waals surface area contributed by atoms with Crippen molar-refractivity contribution in [3.05, 3.63) is 34.9 Å². The number of halogens is 1. The summed E-state index contributed by atoms with van der Waals surface area (Å²) in [5.74, 6) is 0.619. The summed E-state index contributed by atoms with van der Waals surface area (Å²) in [5, 5.41) is 15.2. The van der Waals surface area contributed by atoms with Crippen LogP contribution < -0.4 is 4.74 Å². The van der Waals surface area contributed by atoms with Gasteiger partial charge in [-0.05, 0) is 54.7 Å². The summed E-state index contributed by atoms with van der Waals surface area (Å²) in [4.78, 5) is 25.8. The summed E-state index contributed by atoms with van der Waals surface area (Å²) in [7, 11) is 0. The fourth-order valence-electron chi connectivity index (χ4n) is 5.11. The number of rotatable bonds is 4. The molecule has 1 N–H and O–H groups in total. The van der Waals surface area contributed by atoms with E-state index in [-0.39, 0.29) is 52.0 Å². The normalized spacial score (nSPS) is 35.7. The highest BCUT2D eigenvalue weighted by Gasteiger charge is 2.67. The number of aromatic hydroxyl groups is 1. The number of carbonyl (C=O) groups is 2. The Labute approximate surface area is 161 Å². The van der Waals surface area contributed by atoms with E-state index in [0.29, 0.717) is 24.0 Å². The molecule has 0 radical (unpaired) electrons. The highest BCUT2D eigenvalue weighted by atomic mass is 35.5. The molecule has 3 fully saturated rings. The van der Waals surface area contributed by atoms with Crippen LogP contribution in [0.4, 0.5) is 0 Å². The van der Waals surface area contributed by atoms with E-state index < -0.39 is 0 Å². The van der Waals surface area contributed by atoms with Crippen LogP contribution in [0.1, 0.15) is 18.9 Å². The lowest BCUT2D eigenvalue weighted by Crippen LogP contribution is -2.40. The summed E-state index contributed by atoms with van der Waals surface area (Å²) in [6.45, 7) is 2.17. The maximum atomic E-state index is 12.9. The van der Waals surface area contributed by atoms with Gasteiger partial charge in [-0.1, -0.05) is 23.8 Å². The zero-order valence-electron chi connectivity index (χ0n) is 14.7. The second kappa shape index (κ2) is 5.83. The minimum atomic E-state index is -0.268. The van der Waals surface area contributed by atoms with Crippen LogP contribution in [0.3, 0.4) is 0 Å². The molecule has 2 amide bonds. The lowest BCUT2D eigenvalue weighted by Gasteiger charge is -2.37. The first kappa shape index (κ1) is 16.8. The number of ether oxygens (including phenoxy) is 1. The first-order valence-electron chi connectivity index (χ1n) is 9.26. The molecule has 6 rings (SSSR count). The molecule has 1 heterocycles. The Balaban J connectivity index is 1.42. The number of phenolic OH excluding ortho intramolecular Hbond substituents is 1. The van der Waals surface area contributed by atoms with Crippen LogP contribution in [0.5, 0.6) is 11.5 Å². The maximum Gasteiger partial charge on any atom is 0.254 e. The smallest absolute Gasteiger partial charge is 0.254 e. The summed E-state index contributed by atoms with van der Waals surface area (Å²) < 4.78 is 5.35. The lowest BCUT2D eigenvalue weighted by atomic mass is 9.63. The van der Waals surface area contributed by atoms with Gasteiger partial charge in [0.1, 0.15) is 0 Å². The fraction of sp³-hybridized carbons (Fsp3) is 0.450. The zero-order chi connectivity index (χ0) is 18.9. The van der Waals surface area contributed by atoms with Gasteiger partial charge in [0.05, 0.1) is 29.7 Å². The first-order chi connectivity index (χ1) is 13.0. The second-order valence-corrected chi connectivity index (χ2v) is 8.08. The highest BCUT2D eigenvalue weighted by molar-refractivity contribution is 6.32. The van der Waals surface area contributed by atoms with Crippen molar-refractivity contribution in [1.82, 2.24) is 5.01 Å². The van der Waals surface area contributed by atoms with Gasteiger partial charge in [-0.3, -0.25) is 9.59 Å². The van der Waals surface area contributed by atoms with Crippen LogP contribution in [0.25, 0.3) is 0 Å². The second-order valence-electron chi connectivity index (χ2n) is 7.67. The van der Waals surface area contributed by atoms with E-state index in [1.54, 1.807) is 13.0 Å². The minimum Gasteiger partial charge on any atom is -0.503 e. The topological polar surface area (TPSA) is 79.2 Å². The van der Waals surface area contributed by atoms with Crippen molar-refractivity contribution in [1.29, 1.82) is 0 Å². The van der Waals surface area contributed by atoms with E-state index in [1.807, 2.05) is 0 Å². The molecule has 1 aliphatic heterocycles. The predicted molar refractivity (Wildman–Crippen MR) is 98.4 cm³/mol. The molecular weight excluding hydrogens is 368 g/mol. The molecule has 5 aliphatic rings. The molecule has 6 atom stereocenters. The van der Waals surface area contributed by atoms with Crippen LogP contribution in [-0.4, -0.2) is 34.8 Å². The van der Waals surface area contributed by atoms with Gasteiger partial charge in [-0.2, -0.15) is 10.1 Å². The van der Waals surface area contributed by atoms with Crippen LogP contribution in [-0.2, 0) is 9.59 Å². The lowest BCUT2D eigenvalue weighted by molar-refractivity contribution is -0.140. The molecule has 140 valence electrons. The number of allylic oxidation sites excluding steroid dienone is 2. The molecule has 2 saturated carbocycles. The molecule has 4 aliphatic carbocycles. The van der Waals surface area contributed by atoms with E-state index in [0.717, 1.165) is 11.4 Å². The number of hydrogen-bond acceptors (Lipinski definition) is 5. The van der Waals surface area contributed by atoms with Crippen molar-refractivity contribution in [2.24, 2.45) is 40.6 Å². The number of hydrogen-bond donors (Lipinski definition) is 1. The van der Waals surface area contributed by atoms with Crippen LogP contribution in [0.2, 0.25) is 5.02 Å².